The maximum Gasteiger partial charge on any atom is 0.130 e. The average Bonchev–Trinajstić information content (AvgIpc) is 2.27. The van der Waals surface area contributed by atoms with Gasteiger partial charge in [0.1, 0.15) is 16.8 Å². The monoisotopic (exact) mass is 239 g/mol. The predicted molar refractivity (Wildman–Crippen MR) is 68.9 cm³/mol. The zero-order valence-electron chi connectivity index (χ0n) is 9.60. The summed E-state index contributed by atoms with van der Waals surface area (Å²) in [6.07, 6.45) is -0.0181. The molecule has 1 unspecified atom stereocenters. The second kappa shape index (κ2) is 6.45. The standard InChI is InChI=1S/C12H17NO2S/c1-3-14-8-9(2)15-11-7-5-4-6-10(11)12(13)16/h4-7,9H,3,8H2,1-2H3,(H2,13,16). The lowest BCUT2D eigenvalue weighted by atomic mass is 10.2. The van der Waals surface area contributed by atoms with Crippen molar-refractivity contribution in [2.24, 2.45) is 5.73 Å². The molecule has 0 amide bonds. The second-order valence-corrected chi connectivity index (χ2v) is 3.89. The van der Waals surface area contributed by atoms with E-state index >= 15 is 0 Å². The molecule has 16 heavy (non-hydrogen) atoms. The Morgan fingerprint density at radius 3 is 2.75 bits per heavy atom. The summed E-state index contributed by atoms with van der Waals surface area (Å²) in [5.74, 6) is 0.710. The molecule has 1 aromatic carbocycles. The number of hydrogen-bond donors (Lipinski definition) is 1. The van der Waals surface area contributed by atoms with Crippen molar-refractivity contribution in [3.8, 4) is 5.75 Å². The fraction of sp³-hybridized carbons (Fsp3) is 0.417. The summed E-state index contributed by atoms with van der Waals surface area (Å²) in [4.78, 5) is 0.346. The third-order valence-electron chi connectivity index (χ3n) is 2.04. The molecule has 1 rings (SSSR count). The molecular weight excluding hydrogens is 222 g/mol. The third-order valence-corrected chi connectivity index (χ3v) is 2.26. The summed E-state index contributed by atoms with van der Waals surface area (Å²) >= 11 is 4.96. The Balaban J connectivity index is 2.69. The minimum atomic E-state index is -0.0181. The van der Waals surface area contributed by atoms with E-state index in [-0.39, 0.29) is 6.10 Å². The molecule has 0 heterocycles. The molecule has 1 atom stereocenters. The van der Waals surface area contributed by atoms with Gasteiger partial charge in [-0.3, -0.25) is 0 Å². The van der Waals surface area contributed by atoms with Crippen LogP contribution in [0.1, 0.15) is 19.4 Å². The van der Waals surface area contributed by atoms with Crippen LogP contribution in [-0.4, -0.2) is 24.3 Å². The van der Waals surface area contributed by atoms with Gasteiger partial charge in [0.2, 0.25) is 0 Å². The Hall–Kier alpha value is -1.13. The van der Waals surface area contributed by atoms with Gasteiger partial charge in [-0.25, -0.2) is 0 Å². The van der Waals surface area contributed by atoms with E-state index in [1.165, 1.54) is 0 Å². The van der Waals surface area contributed by atoms with E-state index in [1.54, 1.807) is 0 Å². The number of benzene rings is 1. The van der Waals surface area contributed by atoms with Gasteiger partial charge in [-0.2, -0.15) is 0 Å². The van der Waals surface area contributed by atoms with Crippen molar-refractivity contribution in [1.29, 1.82) is 0 Å². The summed E-state index contributed by atoms with van der Waals surface area (Å²) in [6, 6.07) is 7.49. The lowest BCUT2D eigenvalue weighted by Crippen LogP contribution is -2.21. The Bertz CT molecular complexity index is 355. The number of nitrogens with two attached hydrogens (primary N) is 1. The van der Waals surface area contributed by atoms with Crippen LogP contribution in [0.25, 0.3) is 0 Å². The van der Waals surface area contributed by atoms with E-state index in [4.69, 9.17) is 27.4 Å². The van der Waals surface area contributed by atoms with Crippen molar-refractivity contribution in [2.45, 2.75) is 20.0 Å². The quantitative estimate of drug-likeness (QED) is 0.772. The Kier molecular flexibility index (Phi) is 5.22. The highest BCUT2D eigenvalue weighted by molar-refractivity contribution is 7.80. The average molecular weight is 239 g/mol. The highest BCUT2D eigenvalue weighted by Gasteiger charge is 2.09. The predicted octanol–water partition coefficient (Wildman–Crippen LogP) is 2.12. The summed E-state index contributed by atoms with van der Waals surface area (Å²) in [5, 5.41) is 0. The van der Waals surface area contributed by atoms with Crippen molar-refractivity contribution >= 4 is 17.2 Å². The van der Waals surface area contributed by atoms with Crippen LogP contribution in [0.4, 0.5) is 0 Å². The first-order valence-electron chi connectivity index (χ1n) is 5.28. The SMILES string of the molecule is CCOCC(C)Oc1ccccc1C(N)=S. The van der Waals surface area contributed by atoms with Crippen LogP contribution in [0.15, 0.2) is 24.3 Å². The fourth-order valence-corrected chi connectivity index (χ4v) is 1.48. The first-order valence-corrected chi connectivity index (χ1v) is 5.69. The lowest BCUT2D eigenvalue weighted by molar-refractivity contribution is 0.0656. The van der Waals surface area contributed by atoms with Crippen LogP contribution in [0.2, 0.25) is 0 Å². The van der Waals surface area contributed by atoms with E-state index < -0.39 is 0 Å². The molecule has 0 saturated carbocycles. The number of para-hydroxylation sites is 1. The molecule has 0 radical (unpaired) electrons. The molecule has 0 aliphatic heterocycles. The van der Waals surface area contributed by atoms with E-state index in [0.29, 0.717) is 24.0 Å². The van der Waals surface area contributed by atoms with E-state index in [2.05, 4.69) is 0 Å². The van der Waals surface area contributed by atoms with E-state index in [0.717, 1.165) is 5.56 Å². The molecule has 0 aromatic heterocycles. The minimum absolute atomic E-state index is 0.0181. The Morgan fingerprint density at radius 2 is 2.12 bits per heavy atom. The van der Waals surface area contributed by atoms with Gasteiger partial charge in [-0.05, 0) is 26.0 Å². The normalized spacial score (nSPS) is 12.1. The largest absolute Gasteiger partial charge is 0.488 e. The molecular formula is C12H17NO2S. The van der Waals surface area contributed by atoms with Gasteiger partial charge in [0, 0.05) is 6.61 Å². The highest BCUT2D eigenvalue weighted by atomic mass is 32.1. The Morgan fingerprint density at radius 1 is 1.44 bits per heavy atom. The van der Waals surface area contributed by atoms with Crippen molar-refractivity contribution in [1.82, 2.24) is 0 Å². The summed E-state index contributed by atoms with van der Waals surface area (Å²) in [6.45, 7) is 5.15. The number of rotatable bonds is 6. The highest BCUT2D eigenvalue weighted by Crippen LogP contribution is 2.19. The van der Waals surface area contributed by atoms with Gasteiger partial charge in [-0.15, -0.1) is 0 Å². The van der Waals surface area contributed by atoms with Crippen LogP contribution in [0.5, 0.6) is 5.75 Å². The van der Waals surface area contributed by atoms with E-state index in [1.807, 2.05) is 38.1 Å². The first kappa shape index (κ1) is 12.9. The third kappa shape index (κ3) is 3.79. The van der Waals surface area contributed by atoms with Crippen molar-refractivity contribution in [3.05, 3.63) is 29.8 Å². The molecule has 0 aliphatic carbocycles. The first-order chi connectivity index (χ1) is 7.65. The van der Waals surface area contributed by atoms with Crippen LogP contribution in [0, 0.1) is 0 Å². The van der Waals surface area contributed by atoms with Gasteiger partial charge in [0.25, 0.3) is 0 Å². The molecule has 3 nitrogen and oxygen atoms in total. The number of ether oxygens (including phenoxy) is 2. The molecule has 0 bridgehead atoms. The molecule has 0 spiro atoms. The van der Waals surface area contributed by atoms with Gasteiger partial charge >= 0.3 is 0 Å². The van der Waals surface area contributed by atoms with Crippen LogP contribution in [0.3, 0.4) is 0 Å². The van der Waals surface area contributed by atoms with Crippen molar-refractivity contribution in [2.75, 3.05) is 13.2 Å². The zero-order chi connectivity index (χ0) is 12.0. The number of hydrogen-bond acceptors (Lipinski definition) is 3. The lowest BCUT2D eigenvalue weighted by Gasteiger charge is -2.16. The summed E-state index contributed by atoms with van der Waals surface area (Å²) in [5.41, 5.74) is 6.38. The molecule has 4 heteroatoms. The Labute approximate surface area is 102 Å². The van der Waals surface area contributed by atoms with Gasteiger partial charge < -0.3 is 15.2 Å². The van der Waals surface area contributed by atoms with Gasteiger partial charge in [0.05, 0.1) is 12.2 Å². The maximum absolute atomic E-state index is 5.72. The summed E-state index contributed by atoms with van der Waals surface area (Å²) < 4.78 is 11.0. The molecule has 88 valence electrons. The minimum Gasteiger partial charge on any atom is -0.488 e. The van der Waals surface area contributed by atoms with E-state index in [9.17, 15) is 0 Å². The zero-order valence-corrected chi connectivity index (χ0v) is 10.4. The van der Waals surface area contributed by atoms with Crippen LogP contribution in [-0.2, 0) is 4.74 Å². The fourth-order valence-electron chi connectivity index (χ4n) is 1.31. The number of thiocarbonyl (C=S) groups is 1. The maximum atomic E-state index is 5.72. The van der Waals surface area contributed by atoms with Crippen molar-refractivity contribution in [3.63, 3.8) is 0 Å². The molecule has 0 fully saturated rings. The molecule has 0 saturated heterocycles. The van der Waals surface area contributed by atoms with Gasteiger partial charge in [0.15, 0.2) is 0 Å². The second-order valence-electron chi connectivity index (χ2n) is 3.45. The van der Waals surface area contributed by atoms with Gasteiger partial charge in [-0.1, -0.05) is 24.4 Å². The molecule has 0 aliphatic rings. The molecule has 1 aromatic rings. The van der Waals surface area contributed by atoms with Crippen LogP contribution < -0.4 is 10.5 Å². The van der Waals surface area contributed by atoms with Crippen LogP contribution >= 0.6 is 12.2 Å². The molecule has 2 N–H and O–H groups in total. The smallest absolute Gasteiger partial charge is 0.130 e. The summed E-state index contributed by atoms with van der Waals surface area (Å²) in [7, 11) is 0. The van der Waals surface area contributed by atoms with Crippen molar-refractivity contribution < 1.29 is 9.47 Å². The topological polar surface area (TPSA) is 44.5 Å².